The number of carbonyl (C=O) groups is 1. The summed E-state index contributed by atoms with van der Waals surface area (Å²) in [4.78, 5) is 16.7. The van der Waals surface area contributed by atoms with Crippen LogP contribution in [0.4, 0.5) is 11.4 Å². The zero-order chi connectivity index (χ0) is 21.1. The number of rotatable bonds is 6. The molecule has 0 saturated heterocycles. The Morgan fingerprint density at radius 1 is 1.27 bits per heavy atom. The lowest BCUT2D eigenvalue weighted by Crippen LogP contribution is -2.24. The van der Waals surface area contributed by atoms with E-state index < -0.39 is 11.3 Å². The number of carbonyl (C=O) groups excluding carboxylic acids is 1. The Hall–Kier alpha value is -3.23. The fraction of sp³-hybridized carbons (Fsp3) is 0.182. The Morgan fingerprint density at radius 2 is 2.13 bits per heavy atom. The number of ether oxygens (including phenoxy) is 1. The van der Waals surface area contributed by atoms with Crippen molar-refractivity contribution in [3.05, 3.63) is 83.2 Å². The highest BCUT2D eigenvalue weighted by molar-refractivity contribution is 7.81. The van der Waals surface area contributed by atoms with Gasteiger partial charge in [-0.25, -0.2) is 8.51 Å². The molecule has 2 N–H and O–H groups in total. The summed E-state index contributed by atoms with van der Waals surface area (Å²) in [5.41, 5.74) is 4.11. The van der Waals surface area contributed by atoms with Crippen molar-refractivity contribution in [2.75, 3.05) is 10.9 Å². The lowest BCUT2D eigenvalue weighted by molar-refractivity contribution is 0.0951. The van der Waals surface area contributed by atoms with Crippen molar-refractivity contribution < 1.29 is 18.3 Å². The van der Waals surface area contributed by atoms with Gasteiger partial charge in [-0.15, -0.1) is 0 Å². The van der Waals surface area contributed by atoms with Gasteiger partial charge in [0.05, 0.1) is 18.0 Å². The molecule has 0 saturated carbocycles. The molecule has 4 rings (SSSR count). The number of aryl methyl sites for hydroxylation is 1. The average Bonchev–Trinajstić information content (AvgIpc) is 3.22. The number of hydrogen-bond donors (Lipinski definition) is 2. The molecule has 1 unspecified atom stereocenters. The van der Waals surface area contributed by atoms with Gasteiger partial charge >= 0.3 is 0 Å². The third kappa shape index (κ3) is 4.19. The van der Waals surface area contributed by atoms with Gasteiger partial charge in [-0.3, -0.25) is 14.3 Å². The van der Waals surface area contributed by atoms with Gasteiger partial charge in [0.25, 0.3) is 17.2 Å². The number of nitrogens with one attached hydrogen (secondary N) is 1. The second kappa shape index (κ2) is 8.64. The quantitative estimate of drug-likeness (QED) is 0.592. The number of anilines is 2. The fourth-order valence-corrected chi connectivity index (χ4v) is 4.03. The minimum Gasteiger partial charge on any atom is -0.493 e. The van der Waals surface area contributed by atoms with Crippen LogP contribution in [0, 0.1) is 6.92 Å². The molecule has 0 radical (unpaired) electrons. The summed E-state index contributed by atoms with van der Waals surface area (Å²) in [6, 6.07) is 14.2. The van der Waals surface area contributed by atoms with E-state index in [4.69, 9.17) is 4.74 Å². The maximum absolute atomic E-state index is 12.7. The van der Waals surface area contributed by atoms with Crippen molar-refractivity contribution in [1.29, 1.82) is 0 Å². The van der Waals surface area contributed by atoms with E-state index in [-0.39, 0.29) is 5.91 Å². The first-order valence-corrected chi connectivity index (χ1v) is 10.5. The molecule has 0 aliphatic carbocycles. The van der Waals surface area contributed by atoms with Gasteiger partial charge < -0.3 is 10.1 Å². The number of hydrogen-bond acceptors (Lipinski definition) is 4. The van der Waals surface area contributed by atoms with Gasteiger partial charge in [-0.2, -0.15) is 0 Å². The Morgan fingerprint density at radius 3 is 2.90 bits per heavy atom. The first-order chi connectivity index (χ1) is 14.5. The molecule has 1 atom stereocenters. The van der Waals surface area contributed by atoms with E-state index in [1.54, 1.807) is 42.7 Å². The molecule has 1 aliphatic rings. The van der Waals surface area contributed by atoms with Crippen molar-refractivity contribution in [2.45, 2.75) is 19.9 Å². The summed E-state index contributed by atoms with van der Waals surface area (Å²) in [6.07, 6.45) is 4.12. The highest BCUT2D eigenvalue weighted by Crippen LogP contribution is 2.35. The highest BCUT2D eigenvalue weighted by Gasteiger charge is 2.22. The zero-order valence-corrected chi connectivity index (χ0v) is 17.2. The summed E-state index contributed by atoms with van der Waals surface area (Å²) >= 11 is -2.31. The molecule has 8 heteroatoms. The summed E-state index contributed by atoms with van der Waals surface area (Å²) in [5.74, 6) is 0.522. The summed E-state index contributed by atoms with van der Waals surface area (Å²) in [5, 5.41) is 2.85. The molecule has 0 bridgehead atoms. The SMILES string of the molecule is Cc1ccc(C(=O)NCc2cccnc2)cc1N(c1ccc2c(c1)CCO2)S(=O)O. The number of pyridine rings is 1. The molecule has 154 valence electrons. The maximum atomic E-state index is 12.7. The standard InChI is InChI=1S/C22H21N3O4S/c1-15-4-5-18(22(26)24-14-16-3-2-9-23-13-16)12-20(15)25(30(27)28)19-6-7-21-17(11-19)8-10-29-21/h2-7,9,11-13H,8,10,14H2,1H3,(H,24,26)(H,27,28). The minimum atomic E-state index is -2.31. The van der Waals surface area contributed by atoms with Gasteiger partial charge in [0, 0.05) is 30.9 Å². The van der Waals surface area contributed by atoms with Crippen molar-refractivity contribution in [1.82, 2.24) is 10.3 Å². The lowest BCUT2D eigenvalue weighted by atomic mass is 10.1. The van der Waals surface area contributed by atoms with Crippen LogP contribution in [0.5, 0.6) is 5.75 Å². The topological polar surface area (TPSA) is 91.8 Å². The molecule has 7 nitrogen and oxygen atoms in total. The molecular weight excluding hydrogens is 402 g/mol. The summed E-state index contributed by atoms with van der Waals surface area (Å²) in [7, 11) is 0. The van der Waals surface area contributed by atoms with Gasteiger partial charge in [0.15, 0.2) is 0 Å². The van der Waals surface area contributed by atoms with Crippen molar-refractivity contribution in [3.63, 3.8) is 0 Å². The van der Waals surface area contributed by atoms with Crippen LogP contribution >= 0.6 is 0 Å². The van der Waals surface area contributed by atoms with E-state index in [1.807, 2.05) is 25.1 Å². The van der Waals surface area contributed by atoms with Gasteiger partial charge in [-0.1, -0.05) is 12.1 Å². The average molecular weight is 423 g/mol. The Labute approximate surface area is 177 Å². The fourth-order valence-electron chi connectivity index (χ4n) is 3.37. The molecule has 2 heterocycles. The smallest absolute Gasteiger partial charge is 0.266 e. The number of aromatic nitrogens is 1. The van der Waals surface area contributed by atoms with Crippen LogP contribution in [-0.2, 0) is 24.2 Å². The van der Waals surface area contributed by atoms with Crippen LogP contribution in [-0.4, -0.2) is 26.3 Å². The summed E-state index contributed by atoms with van der Waals surface area (Å²) in [6.45, 7) is 2.78. The lowest BCUT2D eigenvalue weighted by Gasteiger charge is -2.23. The van der Waals surface area contributed by atoms with Crippen LogP contribution in [0.3, 0.4) is 0 Å². The van der Waals surface area contributed by atoms with Crippen LogP contribution in [0.1, 0.15) is 27.0 Å². The maximum Gasteiger partial charge on any atom is 0.266 e. The predicted molar refractivity (Wildman–Crippen MR) is 115 cm³/mol. The van der Waals surface area contributed by atoms with Crippen LogP contribution in [0.15, 0.2) is 60.9 Å². The van der Waals surface area contributed by atoms with Crippen molar-refractivity contribution in [3.8, 4) is 5.75 Å². The third-order valence-corrected chi connectivity index (χ3v) is 5.65. The zero-order valence-electron chi connectivity index (χ0n) is 16.4. The number of amides is 1. The van der Waals surface area contributed by atoms with Crippen LogP contribution < -0.4 is 14.4 Å². The molecular formula is C22H21N3O4S. The second-order valence-corrected chi connectivity index (χ2v) is 7.79. The highest BCUT2D eigenvalue weighted by atomic mass is 32.2. The van der Waals surface area contributed by atoms with E-state index >= 15 is 0 Å². The normalized spacial score (nSPS) is 13.3. The first kappa shape index (κ1) is 20.1. The van der Waals surface area contributed by atoms with E-state index in [2.05, 4.69) is 10.3 Å². The van der Waals surface area contributed by atoms with Crippen LogP contribution in [0.25, 0.3) is 0 Å². The molecule has 1 aliphatic heterocycles. The molecule has 0 fully saturated rings. The number of fused-ring (bicyclic) bond motifs is 1. The predicted octanol–water partition coefficient (Wildman–Crippen LogP) is 3.53. The van der Waals surface area contributed by atoms with Crippen molar-refractivity contribution >= 4 is 28.5 Å². The Kier molecular flexibility index (Phi) is 5.78. The molecule has 0 spiro atoms. The van der Waals surface area contributed by atoms with Crippen LogP contribution in [0.2, 0.25) is 0 Å². The van der Waals surface area contributed by atoms with Crippen molar-refractivity contribution in [2.24, 2.45) is 0 Å². The molecule has 3 aromatic rings. The Bertz CT molecular complexity index is 1100. The minimum absolute atomic E-state index is 0.272. The van der Waals surface area contributed by atoms with Gasteiger partial charge in [0.1, 0.15) is 5.75 Å². The second-order valence-electron chi connectivity index (χ2n) is 6.96. The van der Waals surface area contributed by atoms with E-state index in [1.165, 1.54) is 4.31 Å². The van der Waals surface area contributed by atoms with E-state index in [0.717, 1.165) is 28.9 Å². The Balaban J connectivity index is 1.62. The van der Waals surface area contributed by atoms with Gasteiger partial charge in [-0.05, 0) is 60.0 Å². The molecule has 30 heavy (non-hydrogen) atoms. The molecule has 2 aromatic carbocycles. The largest absolute Gasteiger partial charge is 0.493 e. The molecule has 1 aromatic heterocycles. The van der Waals surface area contributed by atoms with E-state index in [0.29, 0.717) is 30.1 Å². The third-order valence-electron chi connectivity index (χ3n) is 4.93. The number of benzene rings is 2. The monoisotopic (exact) mass is 423 g/mol. The van der Waals surface area contributed by atoms with E-state index in [9.17, 15) is 13.6 Å². The molecule has 1 amide bonds. The van der Waals surface area contributed by atoms with Gasteiger partial charge in [0.2, 0.25) is 0 Å². The summed E-state index contributed by atoms with van der Waals surface area (Å²) < 4.78 is 29.1. The first-order valence-electron chi connectivity index (χ1n) is 9.47. The number of nitrogens with zero attached hydrogens (tertiary/aromatic N) is 2.